The molecule has 0 heterocycles. The van der Waals surface area contributed by atoms with Crippen LogP contribution in [0.15, 0.2) is 24.3 Å². The fourth-order valence-electron chi connectivity index (χ4n) is 2.53. The Morgan fingerprint density at radius 2 is 1.80 bits per heavy atom. The molecule has 0 fully saturated rings. The fraction of sp³-hybridized carbons (Fsp3) is 0.588. The highest BCUT2D eigenvalue weighted by Crippen LogP contribution is 2.26. The SMILES string of the molecule is CC(CC(=O)N(C)Cc1ccc(O)cc1)CC(C)(C)C. The zero-order valence-electron chi connectivity index (χ0n) is 13.3. The molecule has 0 aliphatic heterocycles. The summed E-state index contributed by atoms with van der Waals surface area (Å²) in [5.74, 6) is 0.820. The van der Waals surface area contributed by atoms with Crippen LogP contribution >= 0.6 is 0 Å². The number of benzene rings is 1. The highest BCUT2D eigenvalue weighted by atomic mass is 16.3. The van der Waals surface area contributed by atoms with Gasteiger partial charge in [0, 0.05) is 20.0 Å². The summed E-state index contributed by atoms with van der Waals surface area (Å²) in [4.78, 5) is 13.9. The average molecular weight is 277 g/mol. The molecule has 1 aromatic rings. The second kappa shape index (κ2) is 6.78. The van der Waals surface area contributed by atoms with E-state index in [-0.39, 0.29) is 17.1 Å². The first-order chi connectivity index (χ1) is 9.17. The summed E-state index contributed by atoms with van der Waals surface area (Å²) in [6, 6.07) is 6.99. The van der Waals surface area contributed by atoms with Gasteiger partial charge in [-0.1, -0.05) is 39.8 Å². The van der Waals surface area contributed by atoms with Gasteiger partial charge in [-0.3, -0.25) is 4.79 Å². The maximum atomic E-state index is 12.2. The van der Waals surface area contributed by atoms with Crippen LogP contribution in [0.3, 0.4) is 0 Å². The number of carbonyl (C=O) groups is 1. The summed E-state index contributed by atoms with van der Waals surface area (Å²) in [7, 11) is 1.83. The van der Waals surface area contributed by atoms with E-state index < -0.39 is 0 Å². The molecule has 20 heavy (non-hydrogen) atoms. The van der Waals surface area contributed by atoms with Crippen LogP contribution in [-0.2, 0) is 11.3 Å². The van der Waals surface area contributed by atoms with Crippen molar-refractivity contribution in [2.45, 2.75) is 47.1 Å². The lowest BCUT2D eigenvalue weighted by molar-refractivity contribution is -0.131. The van der Waals surface area contributed by atoms with Gasteiger partial charge in [-0.2, -0.15) is 0 Å². The standard InChI is InChI=1S/C17H27NO2/c1-13(11-17(2,3)4)10-16(20)18(5)12-14-6-8-15(19)9-7-14/h6-9,13,19H,10-12H2,1-5H3. The van der Waals surface area contributed by atoms with Crippen molar-refractivity contribution in [1.29, 1.82) is 0 Å². The predicted molar refractivity (Wildman–Crippen MR) is 82.4 cm³/mol. The van der Waals surface area contributed by atoms with E-state index in [0.717, 1.165) is 12.0 Å². The zero-order valence-corrected chi connectivity index (χ0v) is 13.3. The molecule has 0 aliphatic carbocycles. The van der Waals surface area contributed by atoms with Crippen molar-refractivity contribution in [1.82, 2.24) is 4.90 Å². The largest absolute Gasteiger partial charge is 0.508 e. The van der Waals surface area contributed by atoms with Gasteiger partial charge < -0.3 is 10.0 Å². The van der Waals surface area contributed by atoms with Crippen LogP contribution < -0.4 is 0 Å². The monoisotopic (exact) mass is 277 g/mol. The Labute approximate surface area is 122 Å². The van der Waals surface area contributed by atoms with Crippen LogP contribution in [0.25, 0.3) is 0 Å². The molecule has 0 aromatic heterocycles. The summed E-state index contributed by atoms with van der Waals surface area (Å²) in [6.45, 7) is 9.33. The van der Waals surface area contributed by atoms with E-state index in [1.165, 1.54) is 0 Å². The minimum absolute atomic E-state index is 0.176. The molecule has 0 radical (unpaired) electrons. The third-order valence-electron chi connectivity index (χ3n) is 3.27. The number of amides is 1. The third-order valence-corrected chi connectivity index (χ3v) is 3.27. The molecule has 0 bridgehead atoms. The van der Waals surface area contributed by atoms with Crippen LogP contribution in [0.5, 0.6) is 5.75 Å². The highest BCUT2D eigenvalue weighted by molar-refractivity contribution is 5.76. The van der Waals surface area contributed by atoms with Crippen molar-refractivity contribution >= 4 is 5.91 Å². The van der Waals surface area contributed by atoms with Crippen LogP contribution in [0, 0.1) is 11.3 Å². The number of carbonyl (C=O) groups excluding carboxylic acids is 1. The van der Waals surface area contributed by atoms with Gasteiger partial charge in [0.25, 0.3) is 0 Å². The van der Waals surface area contributed by atoms with Crippen molar-refractivity contribution in [2.75, 3.05) is 7.05 Å². The molecule has 0 aliphatic rings. The predicted octanol–water partition coefficient (Wildman–Crippen LogP) is 3.81. The molecule has 0 spiro atoms. The molecule has 1 atom stereocenters. The van der Waals surface area contributed by atoms with E-state index in [0.29, 0.717) is 18.9 Å². The Morgan fingerprint density at radius 1 is 1.25 bits per heavy atom. The van der Waals surface area contributed by atoms with E-state index in [1.807, 2.05) is 19.2 Å². The lowest BCUT2D eigenvalue weighted by atomic mass is 9.84. The molecule has 3 nitrogen and oxygen atoms in total. The second-order valence-corrected chi connectivity index (χ2v) is 6.99. The third kappa shape index (κ3) is 6.09. The summed E-state index contributed by atoms with van der Waals surface area (Å²) in [5.41, 5.74) is 1.29. The Kier molecular flexibility index (Phi) is 5.61. The van der Waals surface area contributed by atoms with Crippen molar-refractivity contribution in [3.63, 3.8) is 0 Å². The topological polar surface area (TPSA) is 40.5 Å². The molecule has 0 saturated heterocycles. The number of hydrogen-bond donors (Lipinski definition) is 1. The van der Waals surface area contributed by atoms with Gasteiger partial charge >= 0.3 is 0 Å². The zero-order chi connectivity index (χ0) is 15.3. The summed E-state index contributed by atoms with van der Waals surface area (Å²) in [5, 5.41) is 9.25. The summed E-state index contributed by atoms with van der Waals surface area (Å²) >= 11 is 0. The number of phenolic OH excluding ortho intramolecular Hbond substituents is 1. The number of hydrogen-bond acceptors (Lipinski definition) is 2. The fourth-order valence-corrected chi connectivity index (χ4v) is 2.53. The highest BCUT2D eigenvalue weighted by Gasteiger charge is 2.19. The minimum Gasteiger partial charge on any atom is -0.508 e. The molecule has 0 saturated carbocycles. The molecule has 1 rings (SSSR count). The Morgan fingerprint density at radius 3 is 2.30 bits per heavy atom. The van der Waals surface area contributed by atoms with Gasteiger partial charge in [0.2, 0.25) is 5.91 Å². The van der Waals surface area contributed by atoms with E-state index in [4.69, 9.17) is 0 Å². The van der Waals surface area contributed by atoms with Gasteiger partial charge in [0.15, 0.2) is 0 Å². The Balaban J connectivity index is 2.48. The number of phenols is 1. The van der Waals surface area contributed by atoms with Crippen LogP contribution in [0.1, 0.15) is 46.1 Å². The Hall–Kier alpha value is -1.51. The van der Waals surface area contributed by atoms with Crippen molar-refractivity contribution in [3.05, 3.63) is 29.8 Å². The van der Waals surface area contributed by atoms with Crippen molar-refractivity contribution in [2.24, 2.45) is 11.3 Å². The lowest BCUT2D eigenvalue weighted by Gasteiger charge is -2.25. The number of rotatable bonds is 5. The quantitative estimate of drug-likeness (QED) is 0.889. The Bertz CT molecular complexity index is 431. The van der Waals surface area contributed by atoms with E-state index in [2.05, 4.69) is 27.7 Å². The lowest BCUT2D eigenvalue weighted by Crippen LogP contribution is -2.28. The smallest absolute Gasteiger partial charge is 0.222 e. The molecule has 1 unspecified atom stereocenters. The van der Waals surface area contributed by atoms with Crippen molar-refractivity contribution < 1.29 is 9.90 Å². The molecule has 1 amide bonds. The number of aromatic hydroxyl groups is 1. The average Bonchev–Trinajstić information content (AvgIpc) is 2.29. The first-order valence-electron chi connectivity index (χ1n) is 7.19. The van der Waals surface area contributed by atoms with E-state index >= 15 is 0 Å². The molecule has 3 heteroatoms. The van der Waals surface area contributed by atoms with Crippen LogP contribution in [0.2, 0.25) is 0 Å². The molecule has 112 valence electrons. The van der Waals surface area contributed by atoms with Crippen molar-refractivity contribution in [3.8, 4) is 5.75 Å². The number of nitrogens with zero attached hydrogens (tertiary/aromatic N) is 1. The van der Waals surface area contributed by atoms with Gasteiger partial charge in [0.05, 0.1) is 0 Å². The molecule has 1 aromatic carbocycles. The molecular formula is C17H27NO2. The normalized spacial score (nSPS) is 13.1. The van der Waals surface area contributed by atoms with E-state index in [1.54, 1.807) is 17.0 Å². The minimum atomic E-state index is 0.176. The van der Waals surface area contributed by atoms with Gasteiger partial charge in [0.1, 0.15) is 5.75 Å². The summed E-state index contributed by atoms with van der Waals surface area (Å²) < 4.78 is 0. The second-order valence-electron chi connectivity index (χ2n) is 6.99. The maximum absolute atomic E-state index is 12.2. The first-order valence-corrected chi connectivity index (χ1v) is 7.19. The maximum Gasteiger partial charge on any atom is 0.222 e. The van der Waals surface area contributed by atoms with Gasteiger partial charge in [-0.05, 0) is 35.4 Å². The van der Waals surface area contributed by atoms with Gasteiger partial charge in [-0.25, -0.2) is 0 Å². The summed E-state index contributed by atoms with van der Waals surface area (Å²) in [6.07, 6.45) is 1.64. The molecular weight excluding hydrogens is 250 g/mol. The first kappa shape index (κ1) is 16.5. The van der Waals surface area contributed by atoms with Crippen LogP contribution in [-0.4, -0.2) is 23.0 Å². The van der Waals surface area contributed by atoms with Crippen LogP contribution in [0.4, 0.5) is 0 Å². The molecule has 1 N–H and O–H groups in total. The van der Waals surface area contributed by atoms with Gasteiger partial charge in [-0.15, -0.1) is 0 Å². The van der Waals surface area contributed by atoms with E-state index in [9.17, 15) is 9.90 Å².